The molecule has 1 aliphatic heterocycles. The van der Waals surface area contributed by atoms with Crippen molar-refractivity contribution in [3.63, 3.8) is 0 Å². The quantitative estimate of drug-likeness (QED) is 0.863. The highest BCUT2D eigenvalue weighted by atomic mass is 19.4. The highest BCUT2D eigenvalue weighted by molar-refractivity contribution is 5.77. The number of para-hydroxylation sites is 2. The third kappa shape index (κ3) is 2.29. The first-order valence-electron chi connectivity index (χ1n) is 6.19. The van der Waals surface area contributed by atoms with Gasteiger partial charge in [0.1, 0.15) is 5.82 Å². The molecule has 0 unspecified atom stereocenters. The summed E-state index contributed by atoms with van der Waals surface area (Å²) in [6, 6.07) is 10.1. The molecule has 0 spiro atoms. The highest BCUT2D eigenvalue weighted by Crippen LogP contribution is 2.34. The Hall–Kier alpha value is -2.24. The fourth-order valence-corrected chi connectivity index (χ4v) is 2.23. The van der Waals surface area contributed by atoms with Gasteiger partial charge < -0.3 is 10.2 Å². The van der Waals surface area contributed by atoms with Crippen molar-refractivity contribution in [3.05, 3.63) is 48.2 Å². The molecule has 2 heterocycles. The first kappa shape index (κ1) is 12.8. The van der Waals surface area contributed by atoms with E-state index >= 15 is 0 Å². The van der Waals surface area contributed by atoms with Crippen LogP contribution in [0, 0.1) is 0 Å². The standard InChI is InChI=1S/C14H12F3N3/c15-14(16,17)10-5-6-13(19-9-10)20-8-7-18-11-3-1-2-4-12(11)20/h1-6,9,18H,7-8H2. The van der Waals surface area contributed by atoms with Gasteiger partial charge in [-0.1, -0.05) is 12.1 Å². The van der Waals surface area contributed by atoms with Crippen LogP contribution in [0.1, 0.15) is 5.56 Å². The van der Waals surface area contributed by atoms with Crippen LogP contribution in [0.5, 0.6) is 0 Å². The molecule has 20 heavy (non-hydrogen) atoms. The molecule has 0 radical (unpaired) electrons. The number of benzene rings is 1. The van der Waals surface area contributed by atoms with Crippen molar-refractivity contribution >= 4 is 17.2 Å². The molecule has 3 rings (SSSR count). The summed E-state index contributed by atoms with van der Waals surface area (Å²) < 4.78 is 37.6. The number of fused-ring (bicyclic) bond motifs is 1. The molecule has 0 saturated carbocycles. The normalized spacial score (nSPS) is 14.7. The van der Waals surface area contributed by atoms with Crippen molar-refractivity contribution in [1.29, 1.82) is 0 Å². The second-order valence-electron chi connectivity index (χ2n) is 4.50. The van der Waals surface area contributed by atoms with Crippen molar-refractivity contribution in [2.24, 2.45) is 0 Å². The van der Waals surface area contributed by atoms with Crippen LogP contribution < -0.4 is 10.2 Å². The molecule has 0 fully saturated rings. The minimum Gasteiger partial charge on any atom is -0.382 e. The molecule has 1 N–H and O–H groups in total. The van der Waals surface area contributed by atoms with Crippen LogP contribution in [0.15, 0.2) is 42.6 Å². The predicted molar refractivity (Wildman–Crippen MR) is 71.2 cm³/mol. The summed E-state index contributed by atoms with van der Waals surface area (Å²) in [6.07, 6.45) is -3.48. The molecule has 0 amide bonds. The van der Waals surface area contributed by atoms with Crippen LogP contribution >= 0.6 is 0 Å². The van der Waals surface area contributed by atoms with Crippen LogP contribution in [0.3, 0.4) is 0 Å². The molecular formula is C14H12F3N3. The number of nitrogens with one attached hydrogen (secondary N) is 1. The Kier molecular flexibility index (Phi) is 3.00. The maximum absolute atomic E-state index is 12.5. The summed E-state index contributed by atoms with van der Waals surface area (Å²) in [5.74, 6) is 0.520. The van der Waals surface area contributed by atoms with Gasteiger partial charge in [-0.2, -0.15) is 13.2 Å². The van der Waals surface area contributed by atoms with E-state index in [4.69, 9.17) is 0 Å². The van der Waals surface area contributed by atoms with Crippen LogP contribution in [0.2, 0.25) is 0 Å². The molecule has 104 valence electrons. The lowest BCUT2D eigenvalue weighted by molar-refractivity contribution is -0.137. The molecule has 1 aromatic heterocycles. The van der Waals surface area contributed by atoms with Crippen LogP contribution in [-0.2, 0) is 6.18 Å². The van der Waals surface area contributed by atoms with Crippen molar-refractivity contribution < 1.29 is 13.2 Å². The predicted octanol–water partition coefficient (Wildman–Crippen LogP) is 3.66. The Balaban J connectivity index is 1.95. The van der Waals surface area contributed by atoms with Crippen molar-refractivity contribution in [3.8, 4) is 0 Å². The minimum absolute atomic E-state index is 0.520. The number of hydrogen-bond donors (Lipinski definition) is 1. The smallest absolute Gasteiger partial charge is 0.382 e. The maximum Gasteiger partial charge on any atom is 0.417 e. The van der Waals surface area contributed by atoms with E-state index in [1.807, 2.05) is 29.2 Å². The number of hydrogen-bond acceptors (Lipinski definition) is 3. The van der Waals surface area contributed by atoms with Gasteiger partial charge in [0.15, 0.2) is 0 Å². The van der Waals surface area contributed by atoms with E-state index in [0.29, 0.717) is 12.4 Å². The summed E-state index contributed by atoms with van der Waals surface area (Å²) in [7, 11) is 0. The summed E-state index contributed by atoms with van der Waals surface area (Å²) in [5, 5.41) is 3.25. The SMILES string of the molecule is FC(F)(F)c1ccc(N2CCNc3ccccc32)nc1. The molecule has 1 aliphatic rings. The van der Waals surface area contributed by atoms with Gasteiger partial charge in [-0.05, 0) is 24.3 Å². The van der Waals surface area contributed by atoms with Crippen molar-refractivity contribution in [2.45, 2.75) is 6.18 Å². The summed E-state index contributed by atoms with van der Waals surface area (Å²) in [4.78, 5) is 5.85. The number of rotatable bonds is 1. The topological polar surface area (TPSA) is 28.2 Å². The van der Waals surface area contributed by atoms with E-state index in [1.165, 1.54) is 6.07 Å². The third-order valence-corrected chi connectivity index (χ3v) is 3.20. The Labute approximate surface area is 114 Å². The molecule has 0 aliphatic carbocycles. The minimum atomic E-state index is -4.35. The number of pyridine rings is 1. The number of anilines is 3. The zero-order chi connectivity index (χ0) is 14.2. The van der Waals surface area contributed by atoms with E-state index in [9.17, 15) is 13.2 Å². The van der Waals surface area contributed by atoms with E-state index in [-0.39, 0.29) is 0 Å². The van der Waals surface area contributed by atoms with E-state index in [1.54, 1.807) is 0 Å². The number of nitrogens with zero attached hydrogens (tertiary/aromatic N) is 2. The Morgan fingerprint density at radius 3 is 2.60 bits per heavy atom. The van der Waals surface area contributed by atoms with Crippen LogP contribution in [0.4, 0.5) is 30.4 Å². The molecule has 0 saturated heterocycles. The van der Waals surface area contributed by atoms with E-state index < -0.39 is 11.7 Å². The average Bonchev–Trinajstić information content (AvgIpc) is 2.46. The van der Waals surface area contributed by atoms with Crippen molar-refractivity contribution in [1.82, 2.24) is 4.98 Å². The van der Waals surface area contributed by atoms with Gasteiger partial charge in [-0.25, -0.2) is 4.98 Å². The lowest BCUT2D eigenvalue weighted by Crippen LogP contribution is -2.30. The largest absolute Gasteiger partial charge is 0.417 e. The molecule has 0 bridgehead atoms. The Bertz CT molecular complexity index is 608. The second-order valence-corrected chi connectivity index (χ2v) is 4.50. The van der Waals surface area contributed by atoms with Gasteiger partial charge in [0.25, 0.3) is 0 Å². The monoisotopic (exact) mass is 279 g/mol. The van der Waals surface area contributed by atoms with E-state index in [0.717, 1.165) is 30.2 Å². The molecule has 6 heteroatoms. The molecular weight excluding hydrogens is 267 g/mol. The fourth-order valence-electron chi connectivity index (χ4n) is 2.23. The van der Waals surface area contributed by atoms with Gasteiger partial charge in [0, 0.05) is 19.3 Å². The summed E-state index contributed by atoms with van der Waals surface area (Å²) in [6.45, 7) is 1.38. The van der Waals surface area contributed by atoms with Gasteiger partial charge in [0.2, 0.25) is 0 Å². The second kappa shape index (κ2) is 4.70. The van der Waals surface area contributed by atoms with Gasteiger partial charge >= 0.3 is 6.18 Å². The summed E-state index contributed by atoms with van der Waals surface area (Å²) in [5.41, 5.74) is 1.15. The van der Waals surface area contributed by atoms with Gasteiger partial charge in [-0.15, -0.1) is 0 Å². The molecule has 2 aromatic rings. The Morgan fingerprint density at radius 2 is 1.90 bits per heavy atom. The zero-order valence-electron chi connectivity index (χ0n) is 10.5. The van der Waals surface area contributed by atoms with Crippen molar-refractivity contribution in [2.75, 3.05) is 23.3 Å². The molecule has 3 nitrogen and oxygen atoms in total. The summed E-state index contributed by atoms with van der Waals surface area (Å²) >= 11 is 0. The van der Waals surface area contributed by atoms with Crippen LogP contribution in [-0.4, -0.2) is 18.1 Å². The number of alkyl halides is 3. The average molecular weight is 279 g/mol. The maximum atomic E-state index is 12.5. The first-order valence-corrected chi connectivity index (χ1v) is 6.19. The molecule has 0 atom stereocenters. The van der Waals surface area contributed by atoms with Gasteiger partial charge in [-0.3, -0.25) is 0 Å². The van der Waals surface area contributed by atoms with E-state index in [2.05, 4.69) is 10.3 Å². The number of aromatic nitrogens is 1. The highest BCUT2D eigenvalue weighted by Gasteiger charge is 2.31. The first-order chi connectivity index (χ1) is 9.55. The fraction of sp³-hybridized carbons (Fsp3) is 0.214. The van der Waals surface area contributed by atoms with Crippen LogP contribution in [0.25, 0.3) is 0 Å². The lowest BCUT2D eigenvalue weighted by Gasteiger charge is -2.31. The Morgan fingerprint density at radius 1 is 1.10 bits per heavy atom. The lowest BCUT2D eigenvalue weighted by atomic mass is 10.2. The third-order valence-electron chi connectivity index (χ3n) is 3.20. The zero-order valence-corrected chi connectivity index (χ0v) is 10.5. The molecule has 1 aromatic carbocycles. The number of halogens is 3. The van der Waals surface area contributed by atoms with Gasteiger partial charge in [0.05, 0.1) is 16.9 Å².